The lowest BCUT2D eigenvalue weighted by atomic mass is 10.0. The van der Waals surface area contributed by atoms with Gasteiger partial charge in [0.15, 0.2) is 6.29 Å². The summed E-state index contributed by atoms with van der Waals surface area (Å²) >= 11 is 1.46. The smallest absolute Gasteiger partial charge is 0.160 e. The van der Waals surface area contributed by atoms with Crippen molar-refractivity contribution in [3.8, 4) is 11.1 Å². The van der Waals surface area contributed by atoms with E-state index in [0.29, 0.717) is 0 Å². The standard InChI is InChI=1S/C13H10OS/c1-2-10-5-3-4-6-11(10)12-7-8-15-13(12)9-14/h2-9H,1H2. The lowest BCUT2D eigenvalue weighted by Gasteiger charge is -2.04. The van der Waals surface area contributed by atoms with Crippen molar-refractivity contribution in [3.63, 3.8) is 0 Å². The van der Waals surface area contributed by atoms with Crippen LogP contribution in [-0.4, -0.2) is 6.29 Å². The van der Waals surface area contributed by atoms with Crippen molar-refractivity contribution < 1.29 is 4.79 Å². The molecule has 0 aliphatic carbocycles. The maximum Gasteiger partial charge on any atom is 0.160 e. The molecule has 0 atom stereocenters. The van der Waals surface area contributed by atoms with Crippen molar-refractivity contribution in [2.24, 2.45) is 0 Å². The van der Waals surface area contributed by atoms with Gasteiger partial charge in [-0.3, -0.25) is 4.79 Å². The maximum absolute atomic E-state index is 10.8. The molecular weight excluding hydrogens is 204 g/mol. The van der Waals surface area contributed by atoms with E-state index in [0.717, 1.165) is 27.9 Å². The zero-order valence-electron chi connectivity index (χ0n) is 8.14. The Kier molecular flexibility index (Phi) is 2.79. The van der Waals surface area contributed by atoms with Gasteiger partial charge in [-0.05, 0) is 22.6 Å². The van der Waals surface area contributed by atoms with Crippen molar-refractivity contribution in [2.75, 3.05) is 0 Å². The molecule has 2 aromatic rings. The highest BCUT2D eigenvalue weighted by molar-refractivity contribution is 7.12. The van der Waals surface area contributed by atoms with Crippen LogP contribution in [0.4, 0.5) is 0 Å². The molecule has 2 heteroatoms. The number of carbonyl (C=O) groups excluding carboxylic acids is 1. The molecule has 1 aromatic carbocycles. The molecular formula is C13H10OS. The Labute approximate surface area is 92.7 Å². The Balaban J connectivity index is 2.63. The van der Waals surface area contributed by atoms with E-state index >= 15 is 0 Å². The number of rotatable bonds is 3. The summed E-state index contributed by atoms with van der Waals surface area (Å²) < 4.78 is 0. The second-order valence-corrected chi connectivity index (χ2v) is 4.06. The normalized spacial score (nSPS) is 9.87. The number of aldehydes is 1. The van der Waals surface area contributed by atoms with E-state index in [4.69, 9.17) is 0 Å². The molecule has 0 saturated heterocycles. The third-order valence-corrected chi connectivity index (χ3v) is 3.12. The molecule has 1 nitrogen and oxygen atoms in total. The number of hydrogen-bond acceptors (Lipinski definition) is 2. The Hall–Kier alpha value is -1.67. The Morgan fingerprint density at radius 1 is 1.13 bits per heavy atom. The van der Waals surface area contributed by atoms with E-state index in [2.05, 4.69) is 6.58 Å². The minimum atomic E-state index is 0.768. The molecule has 0 fully saturated rings. The molecule has 0 aliphatic rings. The van der Waals surface area contributed by atoms with Gasteiger partial charge in [0.2, 0.25) is 0 Å². The number of benzene rings is 1. The lowest BCUT2D eigenvalue weighted by molar-refractivity contribution is 0.112. The summed E-state index contributed by atoms with van der Waals surface area (Å²) in [5.74, 6) is 0. The Bertz CT molecular complexity index is 497. The molecule has 0 amide bonds. The van der Waals surface area contributed by atoms with Crippen LogP contribution in [0.5, 0.6) is 0 Å². The maximum atomic E-state index is 10.8. The second-order valence-electron chi connectivity index (χ2n) is 3.11. The van der Waals surface area contributed by atoms with E-state index in [-0.39, 0.29) is 0 Å². The lowest BCUT2D eigenvalue weighted by Crippen LogP contribution is -1.84. The van der Waals surface area contributed by atoms with Gasteiger partial charge in [-0.2, -0.15) is 0 Å². The summed E-state index contributed by atoms with van der Waals surface area (Å²) in [6.45, 7) is 3.77. The largest absolute Gasteiger partial charge is 0.297 e. The van der Waals surface area contributed by atoms with E-state index in [9.17, 15) is 4.79 Å². The molecule has 0 saturated carbocycles. The molecule has 15 heavy (non-hydrogen) atoms. The van der Waals surface area contributed by atoms with Gasteiger partial charge in [-0.15, -0.1) is 11.3 Å². The van der Waals surface area contributed by atoms with Crippen LogP contribution in [0.15, 0.2) is 42.3 Å². The highest BCUT2D eigenvalue weighted by Gasteiger charge is 2.07. The van der Waals surface area contributed by atoms with Crippen LogP contribution in [-0.2, 0) is 0 Å². The average molecular weight is 214 g/mol. The van der Waals surface area contributed by atoms with Crippen molar-refractivity contribution >= 4 is 23.7 Å². The monoisotopic (exact) mass is 214 g/mol. The predicted octanol–water partition coefficient (Wildman–Crippen LogP) is 3.87. The fourth-order valence-electron chi connectivity index (χ4n) is 1.56. The summed E-state index contributed by atoms with van der Waals surface area (Å²) in [5.41, 5.74) is 3.11. The summed E-state index contributed by atoms with van der Waals surface area (Å²) in [6.07, 6.45) is 2.71. The zero-order valence-corrected chi connectivity index (χ0v) is 8.96. The summed E-state index contributed by atoms with van der Waals surface area (Å²) in [4.78, 5) is 11.6. The second kappa shape index (κ2) is 4.24. The molecule has 0 unspecified atom stereocenters. The van der Waals surface area contributed by atoms with E-state index < -0.39 is 0 Å². The van der Waals surface area contributed by atoms with Gasteiger partial charge in [0, 0.05) is 5.56 Å². The van der Waals surface area contributed by atoms with Gasteiger partial charge in [-0.25, -0.2) is 0 Å². The molecule has 0 bridgehead atoms. The van der Waals surface area contributed by atoms with Crippen molar-refractivity contribution in [2.45, 2.75) is 0 Å². The summed E-state index contributed by atoms with van der Waals surface area (Å²) in [6, 6.07) is 9.90. The minimum Gasteiger partial charge on any atom is -0.297 e. The highest BCUT2D eigenvalue weighted by atomic mass is 32.1. The average Bonchev–Trinajstić information content (AvgIpc) is 2.76. The van der Waals surface area contributed by atoms with Crippen LogP contribution in [0.3, 0.4) is 0 Å². The summed E-state index contributed by atoms with van der Waals surface area (Å²) in [7, 11) is 0. The highest BCUT2D eigenvalue weighted by Crippen LogP contribution is 2.30. The molecule has 2 rings (SSSR count). The summed E-state index contributed by atoms with van der Waals surface area (Å²) in [5, 5.41) is 1.93. The minimum absolute atomic E-state index is 0.768. The first kappa shape index (κ1) is 9.87. The number of thiophene rings is 1. The molecule has 0 radical (unpaired) electrons. The van der Waals surface area contributed by atoms with Crippen LogP contribution in [0.2, 0.25) is 0 Å². The third-order valence-electron chi connectivity index (χ3n) is 2.27. The van der Waals surface area contributed by atoms with Crippen LogP contribution >= 0.6 is 11.3 Å². The van der Waals surface area contributed by atoms with E-state index in [1.54, 1.807) is 0 Å². The molecule has 74 valence electrons. The molecule has 0 aliphatic heterocycles. The van der Waals surface area contributed by atoms with Gasteiger partial charge >= 0.3 is 0 Å². The fraction of sp³-hybridized carbons (Fsp3) is 0. The Morgan fingerprint density at radius 2 is 1.93 bits per heavy atom. The van der Waals surface area contributed by atoms with Gasteiger partial charge in [0.05, 0.1) is 4.88 Å². The number of carbonyl (C=O) groups is 1. The molecule has 0 N–H and O–H groups in total. The topological polar surface area (TPSA) is 17.1 Å². The predicted molar refractivity (Wildman–Crippen MR) is 65.2 cm³/mol. The number of hydrogen-bond donors (Lipinski definition) is 0. The SMILES string of the molecule is C=Cc1ccccc1-c1ccsc1C=O. The quantitative estimate of drug-likeness (QED) is 0.709. The van der Waals surface area contributed by atoms with E-state index in [1.807, 2.05) is 41.8 Å². The van der Waals surface area contributed by atoms with Crippen molar-refractivity contribution in [3.05, 3.63) is 52.7 Å². The molecule has 1 aromatic heterocycles. The first-order valence-corrected chi connectivity index (χ1v) is 5.49. The first-order valence-electron chi connectivity index (χ1n) is 4.61. The van der Waals surface area contributed by atoms with Crippen LogP contribution in [0, 0.1) is 0 Å². The van der Waals surface area contributed by atoms with Crippen LogP contribution in [0.25, 0.3) is 17.2 Å². The molecule has 0 spiro atoms. The van der Waals surface area contributed by atoms with Gasteiger partial charge in [0.1, 0.15) is 0 Å². The Morgan fingerprint density at radius 3 is 2.67 bits per heavy atom. The van der Waals surface area contributed by atoms with Gasteiger partial charge in [0.25, 0.3) is 0 Å². The molecule has 1 heterocycles. The van der Waals surface area contributed by atoms with Gasteiger partial charge in [-0.1, -0.05) is 36.9 Å². The zero-order chi connectivity index (χ0) is 10.7. The van der Waals surface area contributed by atoms with Crippen molar-refractivity contribution in [1.82, 2.24) is 0 Å². The van der Waals surface area contributed by atoms with Crippen LogP contribution < -0.4 is 0 Å². The third kappa shape index (κ3) is 1.76. The van der Waals surface area contributed by atoms with Gasteiger partial charge < -0.3 is 0 Å². The van der Waals surface area contributed by atoms with Crippen molar-refractivity contribution in [1.29, 1.82) is 0 Å². The van der Waals surface area contributed by atoms with Crippen LogP contribution in [0.1, 0.15) is 15.2 Å². The fourth-order valence-corrected chi connectivity index (χ4v) is 2.27. The van der Waals surface area contributed by atoms with E-state index in [1.165, 1.54) is 11.3 Å². The first-order chi connectivity index (χ1) is 7.36.